The van der Waals surface area contributed by atoms with E-state index in [0.29, 0.717) is 11.1 Å². The molecule has 7 heteroatoms. The third-order valence-corrected chi connectivity index (χ3v) is 7.26. The number of nitro groups is 1. The summed E-state index contributed by atoms with van der Waals surface area (Å²) in [4.78, 5) is 12.7. The number of hydrogen-bond acceptors (Lipinski definition) is 6. The number of rotatable bonds is 4. The van der Waals surface area contributed by atoms with Crippen LogP contribution in [0.4, 0.5) is 0 Å². The second-order valence-electron chi connectivity index (χ2n) is 7.77. The molecule has 1 N–H and O–H groups in total. The lowest BCUT2D eigenvalue weighted by Crippen LogP contribution is -2.59. The average molecular weight is 430 g/mol. The van der Waals surface area contributed by atoms with E-state index in [1.807, 2.05) is 17.5 Å². The zero-order valence-electron chi connectivity index (χ0n) is 16.5. The predicted octanol–water partition coefficient (Wildman–Crippen LogP) is 4.59. The minimum Gasteiger partial charge on any atom is -0.378 e. The molecule has 1 unspecified atom stereocenters. The van der Waals surface area contributed by atoms with Crippen molar-refractivity contribution < 1.29 is 10.0 Å². The van der Waals surface area contributed by atoms with Gasteiger partial charge in [-0.15, -0.1) is 11.3 Å². The van der Waals surface area contributed by atoms with Gasteiger partial charge in [-0.05, 0) is 29.0 Å². The van der Waals surface area contributed by atoms with Crippen LogP contribution in [-0.4, -0.2) is 16.1 Å². The first-order valence-electron chi connectivity index (χ1n) is 9.80. The van der Waals surface area contributed by atoms with Crippen LogP contribution in [0.3, 0.4) is 0 Å². The van der Waals surface area contributed by atoms with E-state index in [-0.39, 0.29) is 6.42 Å². The van der Waals surface area contributed by atoms with E-state index in [1.165, 1.54) is 11.3 Å². The molecule has 1 aliphatic rings. The Morgan fingerprint density at radius 2 is 1.61 bits per heavy atom. The van der Waals surface area contributed by atoms with E-state index >= 15 is 0 Å². The van der Waals surface area contributed by atoms with Crippen molar-refractivity contribution >= 4 is 11.3 Å². The van der Waals surface area contributed by atoms with Gasteiger partial charge in [-0.2, -0.15) is 10.5 Å². The van der Waals surface area contributed by atoms with E-state index in [2.05, 4.69) is 12.1 Å². The summed E-state index contributed by atoms with van der Waals surface area (Å²) < 4.78 is 0. The highest BCUT2D eigenvalue weighted by atomic mass is 32.1. The summed E-state index contributed by atoms with van der Waals surface area (Å²) in [6.07, 6.45) is -0.104. The van der Waals surface area contributed by atoms with Gasteiger partial charge in [0.15, 0.2) is 11.0 Å². The van der Waals surface area contributed by atoms with Crippen LogP contribution in [0.5, 0.6) is 0 Å². The summed E-state index contributed by atoms with van der Waals surface area (Å²) in [6.45, 7) is 0. The highest BCUT2D eigenvalue weighted by Crippen LogP contribution is 2.60. The average Bonchev–Trinajstić information content (AvgIpc) is 3.34. The molecule has 0 aliphatic heterocycles. The molecule has 1 aliphatic carbocycles. The second kappa shape index (κ2) is 7.96. The lowest BCUT2D eigenvalue weighted by molar-refractivity contribution is -0.559. The molecule has 0 spiro atoms. The molecule has 4 rings (SSSR count). The fourth-order valence-corrected chi connectivity index (χ4v) is 5.79. The van der Waals surface area contributed by atoms with Crippen molar-refractivity contribution in [2.75, 3.05) is 0 Å². The Morgan fingerprint density at radius 3 is 2.13 bits per heavy atom. The summed E-state index contributed by atoms with van der Waals surface area (Å²) in [5.41, 5.74) is -2.69. The minimum absolute atomic E-state index is 0.104. The number of hydrogen-bond donors (Lipinski definition) is 1. The molecule has 31 heavy (non-hydrogen) atoms. The maximum Gasteiger partial charge on any atom is 0.254 e. The van der Waals surface area contributed by atoms with Crippen LogP contribution in [-0.2, 0) is 5.60 Å². The SMILES string of the molecule is N#CC1(C#N)C(c2cccs2)C[C@@](O)(c2ccccc2)[C@H]([N+](=O)[O-])[C@H]1c1ccccc1. The number of nitriles is 2. The topological polar surface area (TPSA) is 111 Å². The van der Waals surface area contributed by atoms with Gasteiger partial charge in [0.1, 0.15) is 0 Å². The summed E-state index contributed by atoms with van der Waals surface area (Å²) >= 11 is 1.38. The largest absolute Gasteiger partial charge is 0.378 e. The Balaban J connectivity index is 2.05. The summed E-state index contributed by atoms with van der Waals surface area (Å²) in [5, 5.41) is 46.9. The number of benzene rings is 2. The van der Waals surface area contributed by atoms with Gasteiger partial charge in [-0.25, -0.2) is 0 Å². The van der Waals surface area contributed by atoms with Gasteiger partial charge >= 0.3 is 0 Å². The lowest BCUT2D eigenvalue weighted by atomic mass is 9.52. The summed E-state index contributed by atoms with van der Waals surface area (Å²) in [5.74, 6) is -1.83. The van der Waals surface area contributed by atoms with Crippen LogP contribution >= 0.6 is 11.3 Å². The molecule has 1 aromatic heterocycles. The Bertz CT molecular complexity index is 1140. The lowest BCUT2D eigenvalue weighted by Gasteiger charge is -2.49. The molecule has 6 nitrogen and oxygen atoms in total. The van der Waals surface area contributed by atoms with Crippen molar-refractivity contribution in [2.24, 2.45) is 5.41 Å². The van der Waals surface area contributed by atoms with Gasteiger partial charge in [-0.1, -0.05) is 66.7 Å². The molecular formula is C24H19N3O3S. The normalized spacial score (nSPS) is 27.0. The molecule has 1 fully saturated rings. The smallest absolute Gasteiger partial charge is 0.254 e. The minimum atomic E-state index is -1.86. The molecule has 0 amide bonds. The molecule has 0 saturated heterocycles. The molecule has 154 valence electrons. The Morgan fingerprint density at radius 1 is 1.00 bits per heavy atom. The number of thiophene rings is 1. The highest BCUT2D eigenvalue weighted by molar-refractivity contribution is 7.10. The van der Waals surface area contributed by atoms with Crippen molar-refractivity contribution in [2.45, 2.75) is 29.9 Å². The van der Waals surface area contributed by atoms with Gasteiger partial charge < -0.3 is 5.11 Å². The molecule has 1 saturated carbocycles. The van der Waals surface area contributed by atoms with E-state index < -0.39 is 33.8 Å². The first kappa shape index (κ1) is 20.7. The molecule has 0 radical (unpaired) electrons. The van der Waals surface area contributed by atoms with Gasteiger partial charge in [-0.3, -0.25) is 10.1 Å². The predicted molar refractivity (Wildman–Crippen MR) is 116 cm³/mol. The first-order chi connectivity index (χ1) is 15.0. The molecule has 2 aromatic carbocycles. The monoisotopic (exact) mass is 429 g/mol. The van der Waals surface area contributed by atoms with E-state index in [9.17, 15) is 25.7 Å². The van der Waals surface area contributed by atoms with Crippen LogP contribution in [0.25, 0.3) is 0 Å². The number of nitrogens with zero attached hydrogens (tertiary/aromatic N) is 3. The molecule has 0 bridgehead atoms. The highest BCUT2D eigenvalue weighted by Gasteiger charge is 2.68. The van der Waals surface area contributed by atoms with Crippen LogP contribution in [0.2, 0.25) is 0 Å². The first-order valence-corrected chi connectivity index (χ1v) is 10.7. The van der Waals surface area contributed by atoms with Gasteiger partial charge in [0.05, 0.1) is 18.1 Å². The third kappa shape index (κ3) is 3.19. The maximum atomic E-state index is 12.5. The third-order valence-electron chi connectivity index (χ3n) is 6.28. The maximum absolute atomic E-state index is 12.5. The van der Waals surface area contributed by atoms with Crippen molar-refractivity contribution in [1.82, 2.24) is 0 Å². The van der Waals surface area contributed by atoms with Gasteiger partial charge in [0, 0.05) is 15.7 Å². The van der Waals surface area contributed by atoms with Crippen LogP contribution in [0.15, 0.2) is 78.2 Å². The van der Waals surface area contributed by atoms with E-state index in [1.54, 1.807) is 60.7 Å². The van der Waals surface area contributed by atoms with Crippen LogP contribution < -0.4 is 0 Å². The Hall–Kier alpha value is -3.52. The zero-order chi connectivity index (χ0) is 22.1. The molecule has 1 heterocycles. The van der Waals surface area contributed by atoms with E-state index in [4.69, 9.17) is 0 Å². The Labute approximate surface area is 183 Å². The van der Waals surface area contributed by atoms with Crippen LogP contribution in [0.1, 0.15) is 34.3 Å². The zero-order valence-corrected chi connectivity index (χ0v) is 17.3. The van der Waals surface area contributed by atoms with Gasteiger partial charge in [0.25, 0.3) is 6.04 Å². The second-order valence-corrected chi connectivity index (χ2v) is 8.75. The quantitative estimate of drug-likeness (QED) is 0.482. The van der Waals surface area contributed by atoms with E-state index in [0.717, 1.165) is 4.88 Å². The molecular weight excluding hydrogens is 410 g/mol. The fourth-order valence-electron chi connectivity index (χ4n) is 4.89. The summed E-state index contributed by atoms with van der Waals surface area (Å²) in [7, 11) is 0. The molecule has 3 aromatic rings. The molecule has 4 atom stereocenters. The van der Waals surface area contributed by atoms with Crippen molar-refractivity contribution in [3.63, 3.8) is 0 Å². The fraction of sp³-hybridized carbons (Fsp3) is 0.250. The number of aliphatic hydroxyl groups is 1. The van der Waals surface area contributed by atoms with Crippen molar-refractivity contribution in [3.05, 3.63) is 104 Å². The Kier molecular flexibility index (Phi) is 5.32. The van der Waals surface area contributed by atoms with Crippen molar-refractivity contribution in [3.8, 4) is 12.1 Å². The standard InChI is InChI=1S/C24H19N3O3S/c25-15-23(16-26)19(20-12-7-13-31-20)14-24(28,18-10-5-2-6-11-18)22(27(29)30)21(23)17-8-3-1-4-9-17/h1-13,19,21-22,28H,14H2/t19?,21-,22-,24-/m1/s1. The van der Waals surface area contributed by atoms with Crippen LogP contribution in [0, 0.1) is 38.2 Å². The summed E-state index contributed by atoms with van der Waals surface area (Å²) in [6, 6.07) is 23.5. The van der Waals surface area contributed by atoms with Crippen molar-refractivity contribution in [1.29, 1.82) is 10.5 Å². The van der Waals surface area contributed by atoms with Gasteiger partial charge in [0.2, 0.25) is 0 Å².